The van der Waals surface area contributed by atoms with Crippen LogP contribution in [-0.4, -0.2) is 17.0 Å². The van der Waals surface area contributed by atoms with Crippen molar-refractivity contribution < 1.29 is 9.53 Å². The summed E-state index contributed by atoms with van der Waals surface area (Å²) in [5.74, 6) is 0.483. The molecule has 1 aromatic carbocycles. The molecule has 18 heavy (non-hydrogen) atoms. The van der Waals surface area contributed by atoms with Gasteiger partial charge in [-0.25, -0.2) is 0 Å². The highest BCUT2D eigenvalue weighted by molar-refractivity contribution is 5.90. The summed E-state index contributed by atoms with van der Waals surface area (Å²) in [6, 6.07) is 5.84. The molecule has 0 aliphatic carbocycles. The van der Waals surface area contributed by atoms with E-state index >= 15 is 0 Å². The molecule has 0 radical (unpaired) electrons. The van der Waals surface area contributed by atoms with Crippen molar-refractivity contribution in [3.05, 3.63) is 29.5 Å². The molecule has 1 aromatic heterocycles. The van der Waals surface area contributed by atoms with Crippen LogP contribution in [0.25, 0.3) is 10.9 Å². The quantitative estimate of drug-likeness (QED) is 0.869. The van der Waals surface area contributed by atoms with Crippen molar-refractivity contribution in [3.8, 4) is 5.75 Å². The number of aromatic amines is 1. The fourth-order valence-electron chi connectivity index (χ4n) is 2.11. The molecule has 0 atom stereocenters. The predicted molar refractivity (Wildman–Crippen MR) is 71.7 cm³/mol. The highest BCUT2D eigenvalue weighted by atomic mass is 16.5. The highest BCUT2D eigenvalue weighted by Gasteiger charge is 2.11. The zero-order chi connectivity index (χ0) is 13.3. The van der Waals surface area contributed by atoms with E-state index in [1.54, 1.807) is 0 Å². The first kappa shape index (κ1) is 12.5. The Morgan fingerprint density at radius 1 is 1.44 bits per heavy atom. The molecule has 0 bridgehead atoms. The van der Waals surface area contributed by atoms with Gasteiger partial charge in [0, 0.05) is 16.6 Å². The van der Waals surface area contributed by atoms with E-state index in [-0.39, 0.29) is 18.4 Å². The number of carbonyl (C=O) groups is 1. The zero-order valence-corrected chi connectivity index (χ0v) is 10.9. The van der Waals surface area contributed by atoms with E-state index in [0.717, 1.165) is 27.9 Å². The Morgan fingerprint density at radius 3 is 2.78 bits per heavy atom. The lowest BCUT2D eigenvalue weighted by molar-refractivity contribution is -0.117. The Hall–Kier alpha value is -1.97. The van der Waals surface area contributed by atoms with Crippen LogP contribution in [0.2, 0.25) is 0 Å². The molecular weight excluding hydrogens is 228 g/mol. The number of benzene rings is 1. The van der Waals surface area contributed by atoms with Crippen molar-refractivity contribution in [2.45, 2.75) is 33.3 Å². The number of nitrogens with one attached hydrogen (secondary N) is 1. The second-order valence-electron chi connectivity index (χ2n) is 4.75. The molecular formula is C14H18N2O2. The van der Waals surface area contributed by atoms with Gasteiger partial charge in [-0.05, 0) is 44.5 Å². The van der Waals surface area contributed by atoms with E-state index in [4.69, 9.17) is 10.5 Å². The lowest BCUT2D eigenvalue weighted by Crippen LogP contribution is -2.14. The molecule has 2 aromatic rings. The molecule has 0 unspecified atom stereocenters. The number of primary amides is 1. The summed E-state index contributed by atoms with van der Waals surface area (Å²) in [7, 11) is 0. The largest absolute Gasteiger partial charge is 0.491 e. The van der Waals surface area contributed by atoms with Gasteiger partial charge in [0.15, 0.2) is 0 Å². The molecule has 0 aliphatic heterocycles. The first-order valence-corrected chi connectivity index (χ1v) is 6.03. The standard InChI is InChI=1S/C14H18N2O2/c1-8(2)18-10-4-5-13-12(6-10)11(7-14(15)17)9(3)16-13/h4-6,8,16H,7H2,1-3H3,(H2,15,17). The predicted octanol–water partition coefficient (Wildman–Crippen LogP) is 2.29. The van der Waals surface area contributed by atoms with Gasteiger partial charge in [-0.2, -0.15) is 0 Å². The topological polar surface area (TPSA) is 68.1 Å². The molecule has 0 fully saturated rings. The highest BCUT2D eigenvalue weighted by Crippen LogP contribution is 2.27. The van der Waals surface area contributed by atoms with E-state index < -0.39 is 0 Å². The molecule has 3 N–H and O–H groups in total. The molecule has 1 heterocycles. The minimum atomic E-state index is -0.325. The summed E-state index contributed by atoms with van der Waals surface area (Å²) in [6.07, 6.45) is 0.374. The summed E-state index contributed by atoms with van der Waals surface area (Å²) >= 11 is 0. The summed E-state index contributed by atoms with van der Waals surface area (Å²) in [5, 5.41) is 1.00. The summed E-state index contributed by atoms with van der Waals surface area (Å²) in [6.45, 7) is 5.91. The van der Waals surface area contributed by atoms with Gasteiger partial charge in [0.25, 0.3) is 0 Å². The molecule has 96 valence electrons. The first-order chi connectivity index (χ1) is 8.47. The molecule has 4 nitrogen and oxygen atoms in total. The zero-order valence-electron chi connectivity index (χ0n) is 10.9. The van der Waals surface area contributed by atoms with Crippen LogP contribution < -0.4 is 10.5 Å². The third-order valence-corrected chi connectivity index (χ3v) is 2.81. The number of amides is 1. The summed E-state index contributed by atoms with van der Waals surface area (Å²) in [4.78, 5) is 14.4. The molecule has 0 aliphatic rings. The van der Waals surface area contributed by atoms with Gasteiger partial charge in [0.2, 0.25) is 5.91 Å². The van der Waals surface area contributed by atoms with Crippen molar-refractivity contribution >= 4 is 16.8 Å². The third-order valence-electron chi connectivity index (χ3n) is 2.81. The number of aryl methyl sites for hydroxylation is 1. The minimum Gasteiger partial charge on any atom is -0.491 e. The molecule has 0 spiro atoms. The van der Waals surface area contributed by atoms with Crippen LogP contribution in [0.1, 0.15) is 25.1 Å². The maximum atomic E-state index is 11.1. The van der Waals surface area contributed by atoms with Crippen molar-refractivity contribution in [3.63, 3.8) is 0 Å². The van der Waals surface area contributed by atoms with E-state index in [1.807, 2.05) is 39.0 Å². The molecule has 2 rings (SSSR count). The number of hydrogen-bond acceptors (Lipinski definition) is 2. The first-order valence-electron chi connectivity index (χ1n) is 6.03. The molecule has 1 amide bonds. The summed E-state index contributed by atoms with van der Waals surface area (Å²) < 4.78 is 5.66. The summed E-state index contributed by atoms with van der Waals surface area (Å²) in [5.41, 5.74) is 8.21. The molecule has 0 saturated carbocycles. The van der Waals surface area contributed by atoms with Crippen molar-refractivity contribution in [1.29, 1.82) is 0 Å². The van der Waals surface area contributed by atoms with Crippen molar-refractivity contribution in [1.82, 2.24) is 4.98 Å². The van der Waals surface area contributed by atoms with E-state index in [0.29, 0.717) is 0 Å². The van der Waals surface area contributed by atoms with Gasteiger partial charge in [-0.15, -0.1) is 0 Å². The van der Waals surface area contributed by atoms with Crippen LogP contribution in [0.3, 0.4) is 0 Å². The lowest BCUT2D eigenvalue weighted by atomic mass is 10.1. The number of fused-ring (bicyclic) bond motifs is 1. The second-order valence-corrected chi connectivity index (χ2v) is 4.75. The van der Waals surface area contributed by atoms with Crippen LogP contribution in [0.5, 0.6) is 5.75 Å². The Labute approximate surface area is 106 Å². The minimum absolute atomic E-state index is 0.127. The van der Waals surface area contributed by atoms with Gasteiger partial charge in [-0.1, -0.05) is 0 Å². The maximum Gasteiger partial charge on any atom is 0.221 e. The Kier molecular flexibility index (Phi) is 3.28. The SMILES string of the molecule is Cc1[nH]c2ccc(OC(C)C)cc2c1CC(N)=O. The number of ether oxygens (including phenoxy) is 1. The van der Waals surface area contributed by atoms with Gasteiger partial charge in [0.05, 0.1) is 12.5 Å². The third kappa shape index (κ3) is 2.47. The van der Waals surface area contributed by atoms with Gasteiger partial charge >= 0.3 is 0 Å². The van der Waals surface area contributed by atoms with Crippen LogP contribution in [-0.2, 0) is 11.2 Å². The average molecular weight is 246 g/mol. The Morgan fingerprint density at radius 2 is 2.17 bits per heavy atom. The van der Waals surface area contributed by atoms with Crippen molar-refractivity contribution in [2.24, 2.45) is 5.73 Å². The number of nitrogens with two attached hydrogens (primary N) is 1. The van der Waals surface area contributed by atoms with E-state index in [2.05, 4.69) is 4.98 Å². The van der Waals surface area contributed by atoms with Gasteiger partial charge in [-0.3, -0.25) is 4.79 Å². The van der Waals surface area contributed by atoms with Gasteiger partial charge < -0.3 is 15.5 Å². The van der Waals surface area contributed by atoms with Gasteiger partial charge in [0.1, 0.15) is 5.75 Å². The fraction of sp³-hybridized carbons (Fsp3) is 0.357. The number of aromatic nitrogens is 1. The number of hydrogen-bond donors (Lipinski definition) is 2. The Bertz CT molecular complexity index is 585. The van der Waals surface area contributed by atoms with E-state index in [9.17, 15) is 4.79 Å². The fourth-order valence-corrected chi connectivity index (χ4v) is 2.11. The van der Waals surface area contributed by atoms with E-state index in [1.165, 1.54) is 0 Å². The van der Waals surface area contributed by atoms with Crippen LogP contribution >= 0.6 is 0 Å². The lowest BCUT2D eigenvalue weighted by Gasteiger charge is -2.09. The monoisotopic (exact) mass is 246 g/mol. The second kappa shape index (κ2) is 4.72. The van der Waals surface area contributed by atoms with Crippen LogP contribution in [0.15, 0.2) is 18.2 Å². The van der Waals surface area contributed by atoms with Crippen molar-refractivity contribution in [2.75, 3.05) is 0 Å². The van der Waals surface area contributed by atoms with Crippen LogP contribution in [0.4, 0.5) is 0 Å². The number of rotatable bonds is 4. The normalized spacial score (nSPS) is 11.1. The number of carbonyl (C=O) groups excluding carboxylic acids is 1. The van der Waals surface area contributed by atoms with Crippen LogP contribution in [0, 0.1) is 6.92 Å². The molecule has 4 heteroatoms. The maximum absolute atomic E-state index is 11.1. The smallest absolute Gasteiger partial charge is 0.221 e. The Balaban J connectivity index is 2.48. The number of H-pyrrole nitrogens is 1. The molecule has 0 saturated heterocycles. The average Bonchev–Trinajstić information content (AvgIpc) is 2.54.